The van der Waals surface area contributed by atoms with Crippen molar-refractivity contribution in [3.63, 3.8) is 0 Å². The van der Waals surface area contributed by atoms with Gasteiger partial charge in [0.15, 0.2) is 0 Å². The molecule has 2 aromatic heterocycles. The molecular weight excluding hydrogens is 443 g/mol. The number of rotatable bonds is 5. The lowest BCUT2D eigenvalue weighted by Gasteiger charge is -2.16. The van der Waals surface area contributed by atoms with Gasteiger partial charge in [0, 0.05) is 4.88 Å². The minimum Gasteiger partial charge on any atom is -0.323 e. The van der Waals surface area contributed by atoms with E-state index in [2.05, 4.69) is 5.32 Å². The third-order valence-corrected chi connectivity index (χ3v) is 7.14. The molecule has 1 aromatic carbocycles. The molecule has 0 unspecified atom stereocenters. The van der Waals surface area contributed by atoms with E-state index in [1.807, 2.05) is 19.0 Å². The second-order valence-electron chi connectivity index (χ2n) is 7.70. The van der Waals surface area contributed by atoms with Gasteiger partial charge in [0.1, 0.15) is 17.2 Å². The predicted octanol–water partition coefficient (Wildman–Crippen LogP) is 4.34. The van der Waals surface area contributed by atoms with Crippen LogP contribution in [0.1, 0.15) is 29.1 Å². The molecule has 0 atom stereocenters. The van der Waals surface area contributed by atoms with E-state index in [1.54, 1.807) is 29.5 Å². The zero-order valence-corrected chi connectivity index (χ0v) is 19.1. The Kier molecular flexibility index (Phi) is 6.16. The summed E-state index contributed by atoms with van der Waals surface area (Å²) in [6.07, 6.45) is 4.10. The number of thiophene rings is 1. The number of aromatic nitrogens is 2. The molecule has 9 heteroatoms. The van der Waals surface area contributed by atoms with E-state index in [4.69, 9.17) is 28.2 Å². The molecule has 0 bridgehead atoms. The molecule has 6 nitrogen and oxygen atoms in total. The molecule has 1 aliphatic carbocycles. The molecule has 1 amide bonds. The molecule has 3 aromatic rings. The van der Waals surface area contributed by atoms with Crippen LogP contribution in [0.2, 0.25) is 10.0 Å². The van der Waals surface area contributed by atoms with Gasteiger partial charge in [-0.15, -0.1) is 11.3 Å². The van der Waals surface area contributed by atoms with E-state index < -0.39 is 0 Å². The van der Waals surface area contributed by atoms with E-state index in [1.165, 1.54) is 9.44 Å². The molecule has 0 saturated carbocycles. The zero-order chi connectivity index (χ0) is 21.4. The Bertz CT molecular complexity index is 1190. The molecule has 2 heterocycles. The number of aryl methyl sites for hydroxylation is 2. The van der Waals surface area contributed by atoms with E-state index in [9.17, 15) is 9.59 Å². The quantitative estimate of drug-likeness (QED) is 0.609. The number of anilines is 1. The molecule has 0 radical (unpaired) electrons. The number of hydrogen-bond acceptors (Lipinski definition) is 5. The Morgan fingerprint density at radius 2 is 2.03 bits per heavy atom. The van der Waals surface area contributed by atoms with Crippen molar-refractivity contribution in [3.05, 3.63) is 54.9 Å². The third kappa shape index (κ3) is 4.12. The van der Waals surface area contributed by atoms with Gasteiger partial charge in [-0.2, -0.15) is 0 Å². The van der Waals surface area contributed by atoms with Crippen molar-refractivity contribution in [1.29, 1.82) is 0 Å². The second kappa shape index (κ2) is 8.67. The topological polar surface area (TPSA) is 67.2 Å². The first-order chi connectivity index (χ1) is 14.3. The fraction of sp³-hybridized carbons (Fsp3) is 0.381. The van der Waals surface area contributed by atoms with Crippen molar-refractivity contribution >= 4 is 56.3 Å². The minimum atomic E-state index is -0.355. The summed E-state index contributed by atoms with van der Waals surface area (Å²) in [5.74, 6) is 0.218. The maximum Gasteiger partial charge on any atom is 0.263 e. The smallest absolute Gasteiger partial charge is 0.263 e. The fourth-order valence-electron chi connectivity index (χ4n) is 3.78. The van der Waals surface area contributed by atoms with Crippen LogP contribution in [0.3, 0.4) is 0 Å². The third-order valence-electron chi connectivity index (χ3n) is 5.14. The summed E-state index contributed by atoms with van der Waals surface area (Å²) in [6, 6.07) is 5.03. The van der Waals surface area contributed by atoms with Gasteiger partial charge in [0.05, 0.1) is 27.7 Å². The highest BCUT2D eigenvalue weighted by Gasteiger charge is 2.23. The Balaban J connectivity index is 1.74. The summed E-state index contributed by atoms with van der Waals surface area (Å²) in [6.45, 7) is 0.317. The largest absolute Gasteiger partial charge is 0.323 e. The SMILES string of the molecule is CN(C)Cc1nc2sc3c(c2c(=O)n1CC(=O)Nc1cccc(Cl)c1Cl)CCCC3. The summed E-state index contributed by atoms with van der Waals surface area (Å²) in [5.41, 5.74) is 1.38. The maximum absolute atomic E-state index is 13.5. The van der Waals surface area contributed by atoms with Crippen LogP contribution in [0.5, 0.6) is 0 Å². The summed E-state index contributed by atoms with van der Waals surface area (Å²) in [5, 5.41) is 4.06. The van der Waals surface area contributed by atoms with Gasteiger partial charge < -0.3 is 10.2 Å². The molecular formula is C21H22Cl2N4O2S. The molecule has 0 fully saturated rings. The van der Waals surface area contributed by atoms with Crippen LogP contribution in [0.4, 0.5) is 5.69 Å². The van der Waals surface area contributed by atoms with Crippen molar-refractivity contribution in [1.82, 2.24) is 14.5 Å². The summed E-state index contributed by atoms with van der Waals surface area (Å²) < 4.78 is 1.48. The average molecular weight is 465 g/mol. The number of nitrogens with one attached hydrogen (secondary N) is 1. The summed E-state index contributed by atoms with van der Waals surface area (Å²) in [4.78, 5) is 35.0. The number of fused-ring (bicyclic) bond motifs is 3. The van der Waals surface area contributed by atoms with E-state index >= 15 is 0 Å². The van der Waals surface area contributed by atoms with Crippen LogP contribution < -0.4 is 10.9 Å². The first-order valence-electron chi connectivity index (χ1n) is 9.77. The van der Waals surface area contributed by atoms with Crippen molar-refractivity contribution in [2.24, 2.45) is 0 Å². The van der Waals surface area contributed by atoms with Crippen molar-refractivity contribution in [3.8, 4) is 0 Å². The van der Waals surface area contributed by atoms with Crippen molar-refractivity contribution in [2.45, 2.75) is 38.8 Å². The Labute approximate surface area is 188 Å². The molecule has 1 N–H and O–H groups in total. The fourth-order valence-corrected chi connectivity index (χ4v) is 5.40. The highest BCUT2D eigenvalue weighted by Crippen LogP contribution is 2.34. The highest BCUT2D eigenvalue weighted by atomic mass is 35.5. The number of carbonyl (C=O) groups is 1. The first-order valence-corrected chi connectivity index (χ1v) is 11.3. The van der Waals surface area contributed by atoms with Crippen molar-refractivity contribution in [2.75, 3.05) is 19.4 Å². The molecule has 0 aliphatic heterocycles. The minimum absolute atomic E-state index is 0.140. The van der Waals surface area contributed by atoms with E-state index in [0.717, 1.165) is 36.1 Å². The van der Waals surface area contributed by atoms with Gasteiger partial charge in [0.25, 0.3) is 5.56 Å². The van der Waals surface area contributed by atoms with E-state index in [0.29, 0.717) is 28.5 Å². The second-order valence-corrected chi connectivity index (χ2v) is 9.57. The van der Waals surface area contributed by atoms with Gasteiger partial charge in [-0.05, 0) is 57.5 Å². The summed E-state index contributed by atoms with van der Waals surface area (Å²) >= 11 is 13.8. The maximum atomic E-state index is 13.5. The van der Waals surface area contributed by atoms with Gasteiger partial charge in [0.2, 0.25) is 5.91 Å². The monoisotopic (exact) mass is 464 g/mol. The molecule has 1 aliphatic rings. The van der Waals surface area contributed by atoms with Crippen LogP contribution in [-0.2, 0) is 30.7 Å². The number of benzene rings is 1. The van der Waals surface area contributed by atoms with Crippen LogP contribution >= 0.6 is 34.5 Å². The predicted molar refractivity (Wildman–Crippen MR) is 123 cm³/mol. The van der Waals surface area contributed by atoms with Crippen LogP contribution in [0.25, 0.3) is 10.2 Å². The molecule has 4 rings (SSSR count). The normalized spacial score (nSPS) is 13.6. The number of nitrogens with zero attached hydrogens (tertiary/aromatic N) is 3. The Morgan fingerprint density at radius 1 is 1.27 bits per heavy atom. The van der Waals surface area contributed by atoms with Crippen LogP contribution in [0.15, 0.2) is 23.0 Å². The molecule has 0 spiro atoms. The highest BCUT2D eigenvalue weighted by molar-refractivity contribution is 7.18. The Hall–Kier alpha value is -1.93. The number of halogens is 2. The van der Waals surface area contributed by atoms with Crippen LogP contribution in [-0.4, -0.2) is 34.5 Å². The number of hydrogen-bond donors (Lipinski definition) is 1. The lowest BCUT2D eigenvalue weighted by atomic mass is 9.97. The standard InChI is InChI=1S/C21H22Cl2N4O2S/c1-26(2)10-16-25-20-18(12-6-3-4-9-15(12)30-20)21(29)27(16)11-17(28)24-14-8-5-7-13(22)19(14)23/h5,7-8H,3-4,6,9-11H2,1-2H3,(H,24,28). The lowest BCUT2D eigenvalue weighted by Crippen LogP contribution is -2.33. The Morgan fingerprint density at radius 3 is 2.80 bits per heavy atom. The molecule has 30 heavy (non-hydrogen) atoms. The summed E-state index contributed by atoms with van der Waals surface area (Å²) in [7, 11) is 3.82. The molecule has 158 valence electrons. The average Bonchev–Trinajstić information content (AvgIpc) is 3.06. The lowest BCUT2D eigenvalue weighted by molar-refractivity contribution is -0.116. The number of amides is 1. The van der Waals surface area contributed by atoms with Gasteiger partial charge in [-0.25, -0.2) is 4.98 Å². The van der Waals surface area contributed by atoms with Gasteiger partial charge in [-0.1, -0.05) is 29.3 Å². The first kappa shape index (κ1) is 21.3. The van der Waals surface area contributed by atoms with Gasteiger partial charge in [-0.3, -0.25) is 14.2 Å². The van der Waals surface area contributed by atoms with E-state index in [-0.39, 0.29) is 23.0 Å². The van der Waals surface area contributed by atoms with Gasteiger partial charge >= 0.3 is 0 Å². The van der Waals surface area contributed by atoms with Crippen molar-refractivity contribution < 1.29 is 4.79 Å². The number of carbonyl (C=O) groups excluding carboxylic acids is 1. The molecule has 0 saturated heterocycles. The van der Waals surface area contributed by atoms with Crippen LogP contribution in [0, 0.1) is 0 Å². The zero-order valence-electron chi connectivity index (χ0n) is 16.8.